The number of carboxylic acids is 1. The zero-order valence-electron chi connectivity index (χ0n) is 13.2. The fourth-order valence-electron chi connectivity index (χ4n) is 1.81. The molecule has 0 heterocycles. The highest BCUT2D eigenvalue weighted by atomic mass is 31.2. The number of hydrogen-bond donors (Lipinski definition) is 2. The van der Waals surface area contributed by atoms with Crippen LogP contribution in [0.3, 0.4) is 0 Å². The number of rotatable bonds is 14. The van der Waals surface area contributed by atoms with E-state index in [1.807, 2.05) is 0 Å². The molecule has 0 aromatic heterocycles. The maximum atomic E-state index is 11.5. The number of unbranched alkanes of at least 4 members (excludes halogenated alkanes) is 6. The summed E-state index contributed by atoms with van der Waals surface area (Å²) in [6, 6.07) is 0. The normalized spacial score (nSPS) is 13.5. The minimum absolute atomic E-state index is 0.0431. The Bertz CT molecular complexity index is 370. The molecule has 22 heavy (non-hydrogen) atoms. The van der Waals surface area contributed by atoms with Crippen molar-refractivity contribution in [2.24, 2.45) is 0 Å². The van der Waals surface area contributed by atoms with Gasteiger partial charge in [0.05, 0.1) is 6.61 Å². The summed E-state index contributed by atoms with van der Waals surface area (Å²) in [5, 5.41) is 8.43. The number of hydrogen-bond acceptors (Lipinski definition) is 5. The third kappa shape index (κ3) is 14.0. The summed E-state index contributed by atoms with van der Waals surface area (Å²) in [5.74, 6) is -1.79. The number of phosphoric ester groups is 1. The van der Waals surface area contributed by atoms with Gasteiger partial charge in [0.25, 0.3) is 0 Å². The van der Waals surface area contributed by atoms with Crippen LogP contribution >= 0.6 is 7.82 Å². The first-order valence-corrected chi connectivity index (χ1v) is 9.28. The lowest BCUT2D eigenvalue weighted by atomic mass is 10.1. The second-order valence-electron chi connectivity index (χ2n) is 5.13. The van der Waals surface area contributed by atoms with E-state index >= 15 is 0 Å². The fraction of sp³-hybridized carbons (Fsp3) is 0.857. The molecule has 0 aliphatic carbocycles. The van der Waals surface area contributed by atoms with Crippen LogP contribution in [-0.4, -0.2) is 28.5 Å². The van der Waals surface area contributed by atoms with Crippen molar-refractivity contribution in [3.63, 3.8) is 0 Å². The van der Waals surface area contributed by atoms with Crippen LogP contribution in [0.5, 0.6) is 0 Å². The van der Waals surface area contributed by atoms with E-state index in [1.54, 1.807) is 0 Å². The van der Waals surface area contributed by atoms with Gasteiger partial charge in [-0.1, -0.05) is 39.0 Å². The first-order valence-electron chi connectivity index (χ1n) is 7.79. The van der Waals surface area contributed by atoms with Crippen molar-refractivity contribution in [1.82, 2.24) is 0 Å². The van der Waals surface area contributed by atoms with E-state index in [9.17, 15) is 19.0 Å². The lowest BCUT2D eigenvalue weighted by molar-refractivity contribution is -0.139. The van der Waals surface area contributed by atoms with E-state index in [2.05, 4.69) is 11.4 Å². The summed E-state index contributed by atoms with van der Waals surface area (Å²) in [7, 11) is -4.34. The van der Waals surface area contributed by atoms with E-state index in [0.717, 1.165) is 25.7 Å². The number of carboxylic acid groups (broad SMARTS) is 1. The van der Waals surface area contributed by atoms with Crippen LogP contribution in [-0.2, 0) is 23.2 Å². The lowest BCUT2D eigenvalue weighted by Gasteiger charge is -2.11. The summed E-state index contributed by atoms with van der Waals surface area (Å²) >= 11 is 0. The first kappa shape index (κ1) is 21.1. The summed E-state index contributed by atoms with van der Waals surface area (Å²) in [5.41, 5.74) is 0. The van der Waals surface area contributed by atoms with Gasteiger partial charge in [-0.25, -0.2) is 4.57 Å². The Morgan fingerprint density at radius 2 is 1.55 bits per heavy atom. The predicted octanol–water partition coefficient (Wildman–Crippen LogP) is 3.65. The van der Waals surface area contributed by atoms with Gasteiger partial charge in [-0.3, -0.25) is 19.0 Å². The molecule has 8 heteroatoms. The molecule has 130 valence electrons. The topological polar surface area (TPSA) is 110 Å². The van der Waals surface area contributed by atoms with Crippen molar-refractivity contribution in [2.45, 2.75) is 71.1 Å². The van der Waals surface area contributed by atoms with Crippen LogP contribution in [0.25, 0.3) is 0 Å². The standard InChI is InChI=1S/C14H27O7P/c1-2-3-4-5-6-9-12-20-22(18,19)21-14(17)11-8-7-10-13(15)16/h2-12H2,1H3,(H,15,16)(H,18,19). The molecule has 0 aromatic rings. The molecule has 0 aliphatic heterocycles. The van der Waals surface area contributed by atoms with Gasteiger partial charge >= 0.3 is 19.8 Å². The SMILES string of the molecule is CCCCCCCCOP(=O)(O)OC(=O)CCCCC(=O)O. The number of carbonyl (C=O) groups is 2. The minimum atomic E-state index is -4.34. The quantitative estimate of drug-likeness (QED) is 0.367. The van der Waals surface area contributed by atoms with E-state index in [0.29, 0.717) is 19.3 Å². The molecule has 0 aliphatic rings. The average molecular weight is 338 g/mol. The van der Waals surface area contributed by atoms with Crippen LogP contribution in [0.4, 0.5) is 0 Å². The largest absolute Gasteiger partial charge is 0.529 e. The first-order chi connectivity index (χ1) is 10.4. The molecular formula is C14H27O7P. The molecule has 0 bridgehead atoms. The molecule has 2 N–H and O–H groups in total. The summed E-state index contributed by atoms with van der Waals surface area (Å²) in [6.07, 6.45) is 6.55. The Labute approximate surface area is 131 Å². The highest BCUT2D eigenvalue weighted by Gasteiger charge is 2.25. The lowest BCUT2D eigenvalue weighted by Crippen LogP contribution is -2.05. The van der Waals surface area contributed by atoms with Crippen molar-refractivity contribution in [2.75, 3.05) is 6.61 Å². The third-order valence-electron chi connectivity index (χ3n) is 2.99. The third-order valence-corrected chi connectivity index (χ3v) is 3.93. The van der Waals surface area contributed by atoms with Gasteiger partial charge in [-0.2, -0.15) is 0 Å². The minimum Gasteiger partial charge on any atom is -0.481 e. The van der Waals surface area contributed by atoms with E-state index < -0.39 is 19.8 Å². The summed E-state index contributed by atoms with van der Waals surface area (Å²) in [4.78, 5) is 31.0. The summed E-state index contributed by atoms with van der Waals surface area (Å²) in [6.45, 7) is 2.20. The van der Waals surface area contributed by atoms with Gasteiger partial charge in [0, 0.05) is 12.8 Å². The summed E-state index contributed by atoms with van der Waals surface area (Å²) < 4.78 is 20.6. The maximum Gasteiger partial charge on any atom is 0.529 e. The van der Waals surface area contributed by atoms with Gasteiger partial charge in [0.15, 0.2) is 0 Å². The molecule has 0 amide bonds. The monoisotopic (exact) mass is 338 g/mol. The second-order valence-corrected chi connectivity index (χ2v) is 6.51. The van der Waals surface area contributed by atoms with Gasteiger partial charge in [-0.15, -0.1) is 0 Å². The van der Waals surface area contributed by atoms with Gasteiger partial charge < -0.3 is 9.63 Å². The zero-order valence-corrected chi connectivity index (χ0v) is 14.1. The highest BCUT2D eigenvalue weighted by Crippen LogP contribution is 2.43. The fourth-order valence-corrected chi connectivity index (χ4v) is 2.57. The van der Waals surface area contributed by atoms with E-state index in [1.165, 1.54) is 6.42 Å². The molecule has 1 unspecified atom stereocenters. The van der Waals surface area contributed by atoms with Crippen LogP contribution in [0.2, 0.25) is 0 Å². The molecule has 0 aromatic carbocycles. The van der Waals surface area contributed by atoms with E-state index in [4.69, 9.17) is 9.63 Å². The van der Waals surface area contributed by atoms with Crippen molar-refractivity contribution < 1.29 is 33.2 Å². The molecule has 0 radical (unpaired) electrons. The smallest absolute Gasteiger partial charge is 0.481 e. The number of aliphatic carboxylic acids is 1. The Hall–Kier alpha value is -0.910. The van der Waals surface area contributed by atoms with Gasteiger partial charge in [0.2, 0.25) is 0 Å². The Balaban J connectivity index is 3.68. The van der Waals surface area contributed by atoms with Crippen molar-refractivity contribution >= 4 is 19.8 Å². The van der Waals surface area contributed by atoms with Crippen molar-refractivity contribution in [3.05, 3.63) is 0 Å². The molecule has 1 atom stereocenters. The molecule has 0 saturated carbocycles. The van der Waals surface area contributed by atoms with E-state index in [-0.39, 0.29) is 19.4 Å². The van der Waals surface area contributed by atoms with Gasteiger partial charge in [-0.05, 0) is 19.3 Å². The molecule has 0 fully saturated rings. The molecule has 0 spiro atoms. The molecule has 0 rings (SSSR count). The predicted molar refractivity (Wildman–Crippen MR) is 81.3 cm³/mol. The van der Waals surface area contributed by atoms with Crippen LogP contribution in [0.15, 0.2) is 0 Å². The van der Waals surface area contributed by atoms with Crippen molar-refractivity contribution in [3.8, 4) is 0 Å². The van der Waals surface area contributed by atoms with Crippen molar-refractivity contribution in [1.29, 1.82) is 0 Å². The molecule has 0 saturated heterocycles. The van der Waals surface area contributed by atoms with Crippen LogP contribution in [0.1, 0.15) is 71.1 Å². The number of phosphoric acid groups is 1. The Morgan fingerprint density at radius 1 is 0.955 bits per heavy atom. The number of carbonyl (C=O) groups excluding carboxylic acids is 1. The molecule has 7 nitrogen and oxygen atoms in total. The zero-order chi connectivity index (χ0) is 16.8. The Kier molecular flexibility index (Phi) is 12.1. The van der Waals surface area contributed by atoms with Crippen LogP contribution < -0.4 is 0 Å². The molecular weight excluding hydrogens is 311 g/mol. The van der Waals surface area contributed by atoms with Gasteiger partial charge in [0.1, 0.15) is 0 Å². The van der Waals surface area contributed by atoms with Crippen LogP contribution in [0, 0.1) is 0 Å². The second kappa shape index (κ2) is 12.6. The maximum absolute atomic E-state index is 11.5. The Morgan fingerprint density at radius 3 is 2.18 bits per heavy atom. The average Bonchev–Trinajstić information content (AvgIpc) is 2.42. The highest BCUT2D eigenvalue weighted by molar-refractivity contribution is 7.48.